The van der Waals surface area contributed by atoms with Crippen molar-refractivity contribution in [1.29, 1.82) is 0 Å². The van der Waals surface area contributed by atoms with Gasteiger partial charge in [-0.3, -0.25) is 4.79 Å². The van der Waals surface area contributed by atoms with Gasteiger partial charge in [0.15, 0.2) is 5.60 Å². The number of hydrogen-bond donors (Lipinski definition) is 0. The maximum atomic E-state index is 13.9. The van der Waals surface area contributed by atoms with Crippen LogP contribution >= 0.6 is 0 Å². The zero-order valence-electron chi connectivity index (χ0n) is 13.9. The first kappa shape index (κ1) is 18.1. The summed E-state index contributed by atoms with van der Waals surface area (Å²) in [5.74, 6) is -2.18. The lowest BCUT2D eigenvalue weighted by atomic mass is 9.84. The molecule has 0 N–H and O–H groups in total. The molecular formula is C18H13F6NO2. The van der Waals surface area contributed by atoms with Gasteiger partial charge in [0.05, 0.1) is 5.69 Å². The van der Waals surface area contributed by atoms with E-state index in [-0.39, 0.29) is 22.9 Å². The van der Waals surface area contributed by atoms with Crippen LogP contribution in [0.25, 0.3) is 10.8 Å². The molecule has 4 rings (SSSR count). The van der Waals surface area contributed by atoms with Gasteiger partial charge in [-0.05, 0) is 24.3 Å². The highest BCUT2D eigenvalue weighted by Crippen LogP contribution is 2.58. The van der Waals surface area contributed by atoms with Crippen LogP contribution < -0.4 is 4.90 Å². The lowest BCUT2D eigenvalue weighted by Gasteiger charge is -2.42. The second-order valence-corrected chi connectivity index (χ2v) is 6.74. The van der Waals surface area contributed by atoms with Crippen LogP contribution in [0, 0.1) is 0 Å². The molecule has 9 heteroatoms. The molecule has 0 aliphatic carbocycles. The van der Waals surface area contributed by atoms with Crippen molar-refractivity contribution < 1.29 is 35.9 Å². The van der Waals surface area contributed by atoms with E-state index in [0.29, 0.717) is 6.07 Å². The normalized spacial score (nSPS) is 25.0. The smallest absolute Gasteiger partial charge is 0.348 e. The minimum atomic E-state index is -5.21. The number of nitrogens with zero attached hydrogens (tertiary/aromatic N) is 1. The number of ketones is 1. The Hall–Kier alpha value is -2.29. The topological polar surface area (TPSA) is 29.5 Å². The number of fused-ring (bicyclic) bond motifs is 6. The molecule has 0 radical (unpaired) electrons. The van der Waals surface area contributed by atoms with Gasteiger partial charge >= 0.3 is 12.4 Å². The van der Waals surface area contributed by atoms with Gasteiger partial charge in [-0.2, -0.15) is 26.3 Å². The van der Waals surface area contributed by atoms with E-state index in [4.69, 9.17) is 4.74 Å². The Labute approximate surface area is 149 Å². The molecule has 2 atom stereocenters. The third-order valence-corrected chi connectivity index (χ3v) is 5.28. The summed E-state index contributed by atoms with van der Waals surface area (Å²) < 4.78 is 86.3. The van der Waals surface area contributed by atoms with Gasteiger partial charge in [0, 0.05) is 23.6 Å². The number of carbonyl (C=O) groups excluding carboxylic acids is 1. The van der Waals surface area contributed by atoms with E-state index in [9.17, 15) is 31.1 Å². The summed E-state index contributed by atoms with van der Waals surface area (Å²) in [6.07, 6.45) is -11.2. The first-order valence-electron chi connectivity index (χ1n) is 8.12. The van der Waals surface area contributed by atoms with Crippen molar-refractivity contribution in [3.8, 4) is 0 Å². The highest BCUT2D eigenvalue weighted by molar-refractivity contribution is 6.14. The third kappa shape index (κ3) is 2.37. The Kier molecular flexibility index (Phi) is 3.60. The zero-order valence-corrected chi connectivity index (χ0v) is 13.9. The molecule has 1 saturated heterocycles. The van der Waals surface area contributed by atoms with Crippen molar-refractivity contribution in [3.05, 3.63) is 41.5 Å². The number of carbonyl (C=O) groups is 1. The Bertz CT molecular complexity index is 951. The van der Waals surface area contributed by atoms with E-state index in [2.05, 4.69) is 0 Å². The van der Waals surface area contributed by atoms with Crippen LogP contribution in [0.1, 0.15) is 28.8 Å². The number of halogens is 6. The molecule has 2 heterocycles. The molecule has 0 spiro atoms. The second-order valence-electron chi connectivity index (χ2n) is 6.74. The summed E-state index contributed by atoms with van der Waals surface area (Å²) in [7, 11) is 1.53. The monoisotopic (exact) mass is 389 g/mol. The summed E-state index contributed by atoms with van der Waals surface area (Å²) in [5, 5.41) is 0.123. The van der Waals surface area contributed by atoms with Crippen molar-refractivity contribution in [2.24, 2.45) is 0 Å². The van der Waals surface area contributed by atoms with Crippen molar-refractivity contribution in [1.82, 2.24) is 0 Å². The van der Waals surface area contributed by atoms with Gasteiger partial charge in [-0.25, -0.2) is 0 Å². The van der Waals surface area contributed by atoms with Crippen LogP contribution in [0.2, 0.25) is 0 Å². The average Bonchev–Trinajstić information content (AvgIpc) is 3.00. The predicted molar refractivity (Wildman–Crippen MR) is 84.6 cm³/mol. The number of benzene rings is 2. The Balaban J connectivity index is 2.11. The van der Waals surface area contributed by atoms with Gasteiger partial charge in [0.1, 0.15) is 6.23 Å². The van der Waals surface area contributed by atoms with Gasteiger partial charge in [0.2, 0.25) is 0 Å². The van der Waals surface area contributed by atoms with E-state index in [1.54, 1.807) is 0 Å². The summed E-state index contributed by atoms with van der Waals surface area (Å²) in [6.45, 7) is 0. The Morgan fingerprint density at radius 2 is 1.78 bits per heavy atom. The number of ether oxygens (including phenoxy) is 1. The van der Waals surface area contributed by atoms with E-state index >= 15 is 0 Å². The molecule has 0 amide bonds. The summed E-state index contributed by atoms with van der Waals surface area (Å²) in [4.78, 5) is 13.4. The largest absolute Gasteiger partial charge is 0.454 e. The highest BCUT2D eigenvalue weighted by atomic mass is 19.4. The van der Waals surface area contributed by atoms with E-state index in [0.717, 1.165) is 0 Å². The molecule has 27 heavy (non-hydrogen) atoms. The van der Waals surface area contributed by atoms with Gasteiger partial charge in [-0.1, -0.05) is 24.3 Å². The van der Waals surface area contributed by atoms with Crippen LogP contribution in [0.3, 0.4) is 0 Å². The maximum Gasteiger partial charge on any atom is 0.454 e. The summed E-state index contributed by atoms with van der Waals surface area (Å²) in [6, 6.07) is 6.39. The SMILES string of the molecule is CN1c2c(cc(C(=O)C(F)(F)F)c3ccccc23)C2(C(F)(F)F)CCC1O2. The number of alkyl halides is 6. The Morgan fingerprint density at radius 1 is 1.15 bits per heavy atom. The summed E-state index contributed by atoms with van der Waals surface area (Å²) >= 11 is 0. The van der Waals surface area contributed by atoms with Crippen LogP contribution in [0.15, 0.2) is 30.3 Å². The lowest BCUT2D eigenvalue weighted by Crippen LogP contribution is -2.49. The maximum absolute atomic E-state index is 13.9. The molecule has 0 aromatic heterocycles. The summed E-state index contributed by atoms with van der Waals surface area (Å²) in [5.41, 5.74) is -3.82. The fraction of sp³-hybridized carbons (Fsp3) is 0.389. The fourth-order valence-corrected chi connectivity index (χ4v) is 4.04. The molecule has 0 saturated carbocycles. The standard InChI is InChI=1S/C18H13F6NO2/c1-25-13-6-7-16(27-13,18(22,23)24)12-8-11(15(26)17(19,20)21)9-4-2-3-5-10(9)14(12)25/h2-5,8,13H,6-7H2,1H3. The van der Waals surface area contributed by atoms with Crippen molar-refractivity contribution >= 4 is 22.2 Å². The minimum Gasteiger partial charge on any atom is -0.348 e. The van der Waals surface area contributed by atoms with Gasteiger partial charge < -0.3 is 9.64 Å². The zero-order chi connectivity index (χ0) is 19.8. The van der Waals surface area contributed by atoms with Crippen molar-refractivity contribution in [2.75, 3.05) is 11.9 Å². The predicted octanol–water partition coefficient (Wildman–Crippen LogP) is 4.93. The van der Waals surface area contributed by atoms with Crippen LogP contribution in [0.5, 0.6) is 0 Å². The van der Waals surface area contributed by atoms with Crippen LogP contribution in [-0.2, 0) is 10.3 Å². The van der Waals surface area contributed by atoms with Crippen molar-refractivity contribution in [2.45, 2.75) is 37.0 Å². The van der Waals surface area contributed by atoms with Crippen LogP contribution in [0.4, 0.5) is 32.0 Å². The van der Waals surface area contributed by atoms with E-state index in [1.807, 2.05) is 0 Å². The van der Waals surface area contributed by atoms with Crippen molar-refractivity contribution in [3.63, 3.8) is 0 Å². The molecule has 2 aromatic rings. The molecule has 144 valence electrons. The number of anilines is 1. The lowest BCUT2D eigenvalue weighted by molar-refractivity contribution is -0.280. The Morgan fingerprint density at radius 3 is 2.37 bits per heavy atom. The quantitative estimate of drug-likeness (QED) is 0.512. The first-order chi connectivity index (χ1) is 12.5. The number of Topliss-reactive ketones (excluding diaryl/α,β-unsaturated/α-hetero) is 1. The van der Waals surface area contributed by atoms with E-state index in [1.165, 1.54) is 36.2 Å². The molecule has 2 aromatic carbocycles. The second kappa shape index (κ2) is 5.37. The molecular weight excluding hydrogens is 376 g/mol. The molecule has 2 aliphatic heterocycles. The van der Waals surface area contributed by atoms with Crippen LogP contribution in [-0.4, -0.2) is 31.4 Å². The average molecular weight is 389 g/mol. The highest BCUT2D eigenvalue weighted by Gasteiger charge is 2.65. The minimum absolute atomic E-state index is 0.0379. The molecule has 2 aliphatic rings. The molecule has 3 nitrogen and oxygen atoms in total. The number of hydrogen-bond acceptors (Lipinski definition) is 3. The number of rotatable bonds is 1. The van der Waals surface area contributed by atoms with Gasteiger partial charge in [0.25, 0.3) is 5.78 Å². The van der Waals surface area contributed by atoms with E-state index < -0.39 is 47.5 Å². The molecule has 2 bridgehead atoms. The van der Waals surface area contributed by atoms with Gasteiger partial charge in [-0.15, -0.1) is 0 Å². The third-order valence-electron chi connectivity index (χ3n) is 5.28. The molecule has 2 unspecified atom stereocenters. The first-order valence-corrected chi connectivity index (χ1v) is 8.12. The molecule has 1 fully saturated rings. The fourth-order valence-electron chi connectivity index (χ4n) is 4.04.